The first-order valence-corrected chi connectivity index (χ1v) is 5.29. The first-order valence-electron chi connectivity index (χ1n) is 5.29. The molecule has 0 aliphatic carbocycles. The number of halogens is 2. The van der Waals surface area contributed by atoms with Crippen LogP contribution in [0.2, 0.25) is 0 Å². The van der Waals surface area contributed by atoms with Crippen LogP contribution in [-0.2, 0) is 0 Å². The molecule has 0 unspecified atom stereocenters. The smallest absolute Gasteiger partial charge is 0.198 e. The summed E-state index contributed by atoms with van der Waals surface area (Å²) < 4.78 is 32.4. The number of para-hydroxylation sites is 1. The maximum Gasteiger partial charge on any atom is 0.198 e. The number of hydrogen-bond donors (Lipinski definition) is 0. The molecule has 0 bridgehead atoms. The molecule has 2 rings (SSSR count). The van der Waals surface area contributed by atoms with Crippen molar-refractivity contribution in [3.05, 3.63) is 59.2 Å². The van der Waals surface area contributed by atoms with E-state index in [1.165, 1.54) is 0 Å². The van der Waals surface area contributed by atoms with Crippen LogP contribution in [0, 0.1) is 18.6 Å². The zero-order valence-electron chi connectivity index (χ0n) is 9.61. The summed E-state index contributed by atoms with van der Waals surface area (Å²) in [7, 11) is 0. The van der Waals surface area contributed by atoms with Crippen LogP contribution >= 0.6 is 0 Å². The van der Waals surface area contributed by atoms with Crippen LogP contribution in [0.1, 0.15) is 15.9 Å². The van der Waals surface area contributed by atoms with Gasteiger partial charge in [0, 0.05) is 5.56 Å². The third-order valence-electron chi connectivity index (χ3n) is 2.46. The van der Waals surface area contributed by atoms with Gasteiger partial charge in [-0.3, -0.25) is 4.79 Å². The lowest BCUT2D eigenvalue weighted by atomic mass is 10.2. The largest absolute Gasteiger partial charge is 0.451 e. The minimum absolute atomic E-state index is 0.0675. The maximum absolute atomic E-state index is 13.6. The Morgan fingerprint density at radius 1 is 1.11 bits per heavy atom. The van der Waals surface area contributed by atoms with Crippen molar-refractivity contribution in [2.45, 2.75) is 6.92 Å². The topological polar surface area (TPSA) is 26.3 Å². The van der Waals surface area contributed by atoms with E-state index in [9.17, 15) is 13.6 Å². The molecule has 0 amide bonds. The van der Waals surface area contributed by atoms with Gasteiger partial charge in [-0.25, -0.2) is 8.78 Å². The van der Waals surface area contributed by atoms with Crippen molar-refractivity contribution in [2.75, 3.05) is 0 Å². The number of aldehydes is 1. The molecule has 18 heavy (non-hydrogen) atoms. The van der Waals surface area contributed by atoms with Crippen molar-refractivity contribution in [2.24, 2.45) is 0 Å². The number of carbonyl (C=O) groups is 1. The summed E-state index contributed by atoms with van der Waals surface area (Å²) >= 11 is 0. The minimum Gasteiger partial charge on any atom is -0.451 e. The average Bonchev–Trinajstić information content (AvgIpc) is 2.35. The summed E-state index contributed by atoms with van der Waals surface area (Å²) in [6, 6.07) is 8.75. The van der Waals surface area contributed by atoms with Gasteiger partial charge in [0.25, 0.3) is 0 Å². The van der Waals surface area contributed by atoms with Crippen LogP contribution in [-0.4, -0.2) is 6.29 Å². The standard InChI is InChI=1S/C14H10F2O2/c1-9-4-2-3-5-13(9)18-14-11(15)6-10(8-17)7-12(14)16/h2-8H,1H3. The Morgan fingerprint density at radius 2 is 1.72 bits per heavy atom. The fourth-order valence-corrected chi connectivity index (χ4v) is 1.53. The molecule has 0 radical (unpaired) electrons. The summed E-state index contributed by atoms with van der Waals surface area (Å²) in [5.41, 5.74) is 0.692. The molecule has 0 aliphatic heterocycles. The highest BCUT2D eigenvalue weighted by atomic mass is 19.1. The van der Waals surface area contributed by atoms with Gasteiger partial charge in [-0.1, -0.05) is 18.2 Å². The van der Waals surface area contributed by atoms with Crippen LogP contribution in [0.5, 0.6) is 11.5 Å². The van der Waals surface area contributed by atoms with Gasteiger partial charge < -0.3 is 4.74 Å². The highest BCUT2D eigenvalue weighted by molar-refractivity contribution is 5.75. The Balaban J connectivity index is 2.41. The number of aryl methyl sites for hydroxylation is 1. The minimum atomic E-state index is -0.902. The second-order valence-corrected chi connectivity index (χ2v) is 3.80. The molecular weight excluding hydrogens is 238 g/mol. The molecule has 4 heteroatoms. The lowest BCUT2D eigenvalue weighted by Crippen LogP contribution is -1.96. The SMILES string of the molecule is Cc1ccccc1Oc1c(F)cc(C=O)cc1F. The Labute approximate surface area is 103 Å². The van der Waals surface area contributed by atoms with Gasteiger partial charge in [-0.2, -0.15) is 0 Å². The normalized spacial score (nSPS) is 10.2. The fraction of sp³-hybridized carbons (Fsp3) is 0.0714. The monoisotopic (exact) mass is 248 g/mol. The van der Waals surface area contributed by atoms with Gasteiger partial charge >= 0.3 is 0 Å². The molecule has 0 fully saturated rings. The first-order chi connectivity index (χ1) is 8.61. The van der Waals surface area contributed by atoms with Crippen molar-refractivity contribution in [3.8, 4) is 11.5 Å². The first kappa shape index (κ1) is 12.2. The second-order valence-electron chi connectivity index (χ2n) is 3.80. The van der Waals surface area contributed by atoms with E-state index in [1.807, 2.05) is 0 Å². The van der Waals surface area contributed by atoms with Crippen LogP contribution < -0.4 is 4.74 Å². The molecule has 0 aromatic heterocycles. The van der Waals surface area contributed by atoms with Crippen molar-refractivity contribution in [3.63, 3.8) is 0 Å². The molecule has 2 aromatic rings. The Hall–Kier alpha value is -2.23. The van der Waals surface area contributed by atoms with Gasteiger partial charge in [-0.15, -0.1) is 0 Å². The van der Waals surface area contributed by atoms with Crippen LogP contribution in [0.15, 0.2) is 36.4 Å². The number of rotatable bonds is 3. The van der Waals surface area contributed by atoms with Crippen molar-refractivity contribution < 1.29 is 18.3 Å². The summed E-state index contributed by atoms with van der Waals surface area (Å²) in [5.74, 6) is -1.94. The van der Waals surface area contributed by atoms with Gasteiger partial charge in [0.15, 0.2) is 17.4 Å². The molecule has 2 nitrogen and oxygen atoms in total. The Bertz CT molecular complexity index is 571. The van der Waals surface area contributed by atoms with E-state index in [4.69, 9.17) is 4.74 Å². The second kappa shape index (κ2) is 4.96. The van der Waals surface area contributed by atoms with E-state index in [2.05, 4.69) is 0 Å². The molecule has 0 N–H and O–H groups in total. The number of carbonyl (C=O) groups excluding carboxylic acids is 1. The van der Waals surface area contributed by atoms with E-state index in [0.29, 0.717) is 12.0 Å². The molecule has 0 saturated heterocycles. The molecule has 2 aromatic carbocycles. The number of ether oxygens (including phenoxy) is 1. The van der Waals surface area contributed by atoms with Gasteiger partial charge in [0.2, 0.25) is 0 Å². The molecular formula is C14H10F2O2. The summed E-state index contributed by atoms with van der Waals surface area (Å²) in [4.78, 5) is 10.5. The molecule has 92 valence electrons. The lowest BCUT2D eigenvalue weighted by Gasteiger charge is -2.10. The number of benzene rings is 2. The average molecular weight is 248 g/mol. The van der Waals surface area contributed by atoms with E-state index >= 15 is 0 Å². The molecule has 0 aliphatic rings. The van der Waals surface area contributed by atoms with Crippen LogP contribution in [0.4, 0.5) is 8.78 Å². The highest BCUT2D eigenvalue weighted by Gasteiger charge is 2.14. The summed E-state index contributed by atoms with van der Waals surface area (Å²) in [5, 5.41) is 0. The van der Waals surface area contributed by atoms with Gasteiger partial charge in [0.1, 0.15) is 12.0 Å². The van der Waals surface area contributed by atoms with Crippen molar-refractivity contribution in [1.82, 2.24) is 0 Å². The van der Waals surface area contributed by atoms with E-state index in [-0.39, 0.29) is 5.56 Å². The van der Waals surface area contributed by atoms with E-state index in [0.717, 1.165) is 17.7 Å². The predicted molar refractivity (Wildman–Crippen MR) is 63.0 cm³/mol. The summed E-state index contributed by atoms with van der Waals surface area (Å²) in [6.45, 7) is 1.77. The van der Waals surface area contributed by atoms with Crippen molar-refractivity contribution >= 4 is 6.29 Å². The van der Waals surface area contributed by atoms with Crippen LogP contribution in [0.3, 0.4) is 0 Å². The quantitative estimate of drug-likeness (QED) is 0.770. The Morgan fingerprint density at radius 3 is 2.28 bits per heavy atom. The van der Waals surface area contributed by atoms with E-state index < -0.39 is 17.4 Å². The van der Waals surface area contributed by atoms with Crippen molar-refractivity contribution in [1.29, 1.82) is 0 Å². The molecule has 0 spiro atoms. The molecule has 0 atom stereocenters. The predicted octanol–water partition coefficient (Wildman–Crippen LogP) is 3.88. The lowest BCUT2D eigenvalue weighted by molar-refractivity contribution is 0.112. The van der Waals surface area contributed by atoms with Gasteiger partial charge in [0.05, 0.1) is 0 Å². The zero-order chi connectivity index (χ0) is 13.1. The maximum atomic E-state index is 13.6. The zero-order valence-corrected chi connectivity index (χ0v) is 9.61. The number of hydrogen-bond acceptors (Lipinski definition) is 2. The third-order valence-corrected chi connectivity index (χ3v) is 2.46. The summed E-state index contributed by atoms with van der Waals surface area (Å²) in [6.07, 6.45) is 0.379. The van der Waals surface area contributed by atoms with E-state index in [1.54, 1.807) is 31.2 Å². The molecule has 0 heterocycles. The Kier molecular flexibility index (Phi) is 3.37. The van der Waals surface area contributed by atoms with Crippen LogP contribution in [0.25, 0.3) is 0 Å². The highest BCUT2D eigenvalue weighted by Crippen LogP contribution is 2.30. The van der Waals surface area contributed by atoms with Gasteiger partial charge in [-0.05, 0) is 30.7 Å². The fourth-order valence-electron chi connectivity index (χ4n) is 1.53. The molecule has 0 saturated carbocycles. The third kappa shape index (κ3) is 2.37.